The molecule has 1 atom stereocenters. The summed E-state index contributed by atoms with van der Waals surface area (Å²) >= 11 is 0. The third-order valence-electron chi connectivity index (χ3n) is 4.35. The highest BCUT2D eigenvalue weighted by Crippen LogP contribution is 2.21. The summed E-state index contributed by atoms with van der Waals surface area (Å²) in [4.78, 5) is 35.3. The molecule has 1 saturated heterocycles. The summed E-state index contributed by atoms with van der Waals surface area (Å²) in [6.45, 7) is 2.37. The maximum atomic E-state index is 12.0. The summed E-state index contributed by atoms with van der Waals surface area (Å²) in [6.07, 6.45) is 10.2. The van der Waals surface area contributed by atoms with Crippen molar-refractivity contribution in [3.63, 3.8) is 0 Å². The van der Waals surface area contributed by atoms with Crippen molar-refractivity contribution >= 4 is 17.8 Å². The number of likely N-dealkylation sites (tertiary alicyclic amines) is 1. The molecule has 1 fully saturated rings. The zero-order valence-corrected chi connectivity index (χ0v) is 13.7. The molecule has 1 aliphatic rings. The highest BCUT2D eigenvalue weighted by Gasteiger charge is 2.39. The Balaban J connectivity index is 2.07. The molecule has 0 aromatic heterocycles. The molecule has 126 valence electrons. The van der Waals surface area contributed by atoms with Crippen molar-refractivity contribution in [1.82, 2.24) is 4.90 Å². The Morgan fingerprint density at radius 1 is 1.05 bits per heavy atom. The van der Waals surface area contributed by atoms with Crippen LogP contribution < -0.4 is 0 Å². The smallest absolute Gasteiger partial charge is 0.414 e. The minimum absolute atomic E-state index is 0.0864. The lowest BCUT2D eigenvalue weighted by molar-refractivity contribution is -0.135. The fraction of sp³-hybridized carbons (Fsp3) is 0.824. The Labute approximate surface area is 133 Å². The SMILES string of the molecule is CCCCCCCCCCCC(=O)C1CCN(C(=O)O)C1=O. The summed E-state index contributed by atoms with van der Waals surface area (Å²) in [5, 5.41) is 8.83. The van der Waals surface area contributed by atoms with E-state index in [1.807, 2.05) is 0 Å². The van der Waals surface area contributed by atoms with E-state index in [1.165, 1.54) is 38.5 Å². The van der Waals surface area contributed by atoms with Crippen LogP contribution in [0.4, 0.5) is 4.79 Å². The number of nitrogens with zero attached hydrogens (tertiary/aromatic N) is 1. The van der Waals surface area contributed by atoms with E-state index in [9.17, 15) is 14.4 Å². The molecule has 5 heteroatoms. The van der Waals surface area contributed by atoms with Crippen LogP contribution in [0.1, 0.15) is 77.6 Å². The molecule has 0 spiro atoms. The third-order valence-corrected chi connectivity index (χ3v) is 4.35. The zero-order valence-electron chi connectivity index (χ0n) is 13.7. The number of hydrogen-bond acceptors (Lipinski definition) is 3. The number of rotatable bonds is 11. The Kier molecular flexibility index (Phi) is 8.78. The minimum Gasteiger partial charge on any atom is -0.465 e. The first-order chi connectivity index (χ1) is 10.6. The topological polar surface area (TPSA) is 74.7 Å². The van der Waals surface area contributed by atoms with Crippen LogP contribution in [0.15, 0.2) is 0 Å². The van der Waals surface area contributed by atoms with Crippen molar-refractivity contribution in [1.29, 1.82) is 0 Å². The van der Waals surface area contributed by atoms with Gasteiger partial charge in [-0.1, -0.05) is 58.3 Å². The van der Waals surface area contributed by atoms with Gasteiger partial charge in [0.05, 0.1) is 5.92 Å². The van der Waals surface area contributed by atoms with Crippen molar-refractivity contribution in [2.75, 3.05) is 6.54 Å². The normalized spacial score (nSPS) is 18.0. The molecular formula is C17H29NO4. The van der Waals surface area contributed by atoms with Gasteiger partial charge in [0.25, 0.3) is 0 Å². The summed E-state index contributed by atoms with van der Waals surface area (Å²) < 4.78 is 0. The molecule has 2 amide bonds. The van der Waals surface area contributed by atoms with Crippen LogP contribution in [-0.4, -0.2) is 34.3 Å². The van der Waals surface area contributed by atoms with E-state index in [0.717, 1.165) is 24.2 Å². The van der Waals surface area contributed by atoms with Gasteiger partial charge in [-0.25, -0.2) is 9.69 Å². The Bertz CT molecular complexity index is 381. The average molecular weight is 311 g/mol. The third kappa shape index (κ3) is 6.16. The van der Waals surface area contributed by atoms with Crippen LogP contribution in [0.3, 0.4) is 0 Å². The summed E-state index contributed by atoms with van der Waals surface area (Å²) in [6, 6.07) is 0. The number of hydrogen-bond donors (Lipinski definition) is 1. The van der Waals surface area contributed by atoms with Crippen LogP contribution in [0.25, 0.3) is 0 Å². The lowest BCUT2D eigenvalue weighted by Crippen LogP contribution is -2.34. The predicted octanol–water partition coefficient (Wildman–Crippen LogP) is 4.00. The lowest BCUT2D eigenvalue weighted by Gasteiger charge is -2.10. The van der Waals surface area contributed by atoms with E-state index in [2.05, 4.69) is 6.92 Å². The molecule has 22 heavy (non-hydrogen) atoms. The van der Waals surface area contributed by atoms with Gasteiger partial charge in [-0.2, -0.15) is 0 Å². The second kappa shape index (κ2) is 10.4. The molecule has 1 unspecified atom stereocenters. The monoisotopic (exact) mass is 311 g/mol. The number of Topliss-reactive ketones (excluding diaryl/α,β-unsaturated/α-hetero) is 1. The molecule has 0 bridgehead atoms. The minimum atomic E-state index is -1.25. The second-order valence-electron chi connectivity index (χ2n) is 6.16. The molecule has 0 radical (unpaired) electrons. The quantitative estimate of drug-likeness (QED) is 0.462. The van der Waals surface area contributed by atoms with E-state index in [-0.39, 0.29) is 12.3 Å². The van der Waals surface area contributed by atoms with Crippen molar-refractivity contribution in [3.05, 3.63) is 0 Å². The van der Waals surface area contributed by atoms with E-state index in [4.69, 9.17) is 5.11 Å². The van der Waals surface area contributed by atoms with Gasteiger partial charge in [0, 0.05) is 13.0 Å². The number of imide groups is 1. The maximum Gasteiger partial charge on any atom is 0.414 e. The summed E-state index contributed by atoms with van der Waals surface area (Å²) in [7, 11) is 0. The van der Waals surface area contributed by atoms with E-state index in [1.54, 1.807) is 0 Å². The van der Waals surface area contributed by atoms with Crippen molar-refractivity contribution < 1.29 is 19.5 Å². The van der Waals surface area contributed by atoms with Gasteiger partial charge in [-0.05, 0) is 12.8 Å². The summed E-state index contributed by atoms with van der Waals surface area (Å²) in [5.74, 6) is -1.34. The summed E-state index contributed by atoms with van der Waals surface area (Å²) in [5.41, 5.74) is 0. The maximum absolute atomic E-state index is 12.0. The molecule has 0 aromatic rings. The van der Waals surface area contributed by atoms with Gasteiger partial charge in [-0.15, -0.1) is 0 Å². The second-order valence-corrected chi connectivity index (χ2v) is 6.16. The van der Waals surface area contributed by atoms with Crippen LogP contribution in [-0.2, 0) is 9.59 Å². The standard InChI is InChI=1S/C17H29NO4/c1-2-3-4-5-6-7-8-9-10-11-15(19)14-12-13-18(16(14)20)17(21)22/h14H,2-13H2,1H3,(H,21,22). The molecule has 1 aliphatic heterocycles. The van der Waals surface area contributed by atoms with Crippen LogP contribution in [0.5, 0.6) is 0 Å². The Morgan fingerprint density at radius 3 is 2.09 bits per heavy atom. The van der Waals surface area contributed by atoms with Gasteiger partial charge in [0.2, 0.25) is 5.91 Å². The molecule has 1 rings (SSSR count). The highest BCUT2D eigenvalue weighted by molar-refractivity contribution is 6.07. The van der Waals surface area contributed by atoms with Gasteiger partial charge >= 0.3 is 6.09 Å². The number of carbonyl (C=O) groups is 3. The Hall–Kier alpha value is -1.39. The largest absolute Gasteiger partial charge is 0.465 e. The zero-order chi connectivity index (χ0) is 16.4. The molecular weight excluding hydrogens is 282 g/mol. The Morgan fingerprint density at radius 2 is 1.59 bits per heavy atom. The molecule has 0 aliphatic carbocycles. The van der Waals surface area contributed by atoms with Crippen molar-refractivity contribution in [2.45, 2.75) is 77.6 Å². The molecule has 0 saturated carbocycles. The van der Waals surface area contributed by atoms with Crippen LogP contribution >= 0.6 is 0 Å². The van der Waals surface area contributed by atoms with Crippen molar-refractivity contribution in [3.8, 4) is 0 Å². The number of carboxylic acid groups (broad SMARTS) is 1. The van der Waals surface area contributed by atoms with Crippen LogP contribution in [0.2, 0.25) is 0 Å². The number of unbranched alkanes of at least 4 members (excludes halogenated alkanes) is 8. The average Bonchev–Trinajstić information content (AvgIpc) is 2.87. The highest BCUT2D eigenvalue weighted by atomic mass is 16.4. The molecule has 0 aromatic carbocycles. The fourth-order valence-corrected chi connectivity index (χ4v) is 2.95. The first kappa shape index (κ1) is 18.7. The first-order valence-corrected chi connectivity index (χ1v) is 8.65. The van der Waals surface area contributed by atoms with Crippen LogP contribution in [0, 0.1) is 5.92 Å². The lowest BCUT2D eigenvalue weighted by atomic mass is 9.97. The predicted molar refractivity (Wildman–Crippen MR) is 84.7 cm³/mol. The number of ketones is 1. The molecule has 1 N–H and O–H groups in total. The van der Waals surface area contributed by atoms with Gasteiger partial charge in [-0.3, -0.25) is 9.59 Å². The van der Waals surface area contributed by atoms with Gasteiger partial charge in [0.1, 0.15) is 5.78 Å². The molecule has 5 nitrogen and oxygen atoms in total. The van der Waals surface area contributed by atoms with Gasteiger partial charge < -0.3 is 5.11 Å². The fourth-order valence-electron chi connectivity index (χ4n) is 2.95. The van der Waals surface area contributed by atoms with Crippen molar-refractivity contribution in [2.24, 2.45) is 5.92 Å². The van der Waals surface area contributed by atoms with Gasteiger partial charge in [0.15, 0.2) is 0 Å². The first-order valence-electron chi connectivity index (χ1n) is 8.65. The molecule has 1 heterocycles. The number of carbonyl (C=O) groups excluding carboxylic acids is 2. The number of amides is 2. The van der Waals surface area contributed by atoms with E-state index in [0.29, 0.717) is 12.8 Å². The van der Waals surface area contributed by atoms with E-state index >= 15 is 0 Å². The van der Waals surface area contributed by atoms with E-state index < -0.39 is 17.9 Å².